The molecule has 0 bridgehead atoms. The van der Waals surface area contributed by atoms with Gasteiger partial charge in [-0.25, -0.2) is 0 Å². The van der Waals surface area contributed by atoms with Crippen molar-refractivity contribution in [1.82, 2.24) is 0 Å². The maximum Gasteiger partial charge on any atom is 0.224 e. The molecule has 0 unspecified atom stereocenters. The van der Waals surface area contributed by atoms with Crippen molar-refractivity contribution in [1.29, 1.82) is 0 Å². The Balaban J connectivity index is 1.99. The first-order chi connectivity index (χ1) is 12.8. The van der Waals surface area contributed by atoms with E-state index in [0.717, 1.165) is 24.3 Å². The van der Waals surface area contributed by atoms with Gasteiger partial charge in [-0.15, -0.1) is 0 Å². The van der Waals surface area contributed by atoms with Gasteiger partial charge >= 0.3 is 0 Å². The second-order valence-corrected chi connectivity index (χ2v) is 6.96. The minimum absolute atomic E-state index is 0.0979. The van der Waals surface area contributed by atoms with E-state index in [1.54, 1.807) is 6.08 Å². The first-order valence-corrected chi connectivity index (χ1v) is 10.4. The second-order valence-electron chi connectivity index (χ2n) is 6.96. The normalized spacial score (nSPS) is 10.5. The van der Waals surface area contributed by atoms with Gasteiger partial charge in [0.2, 0.25) is 5.91 Å². The zero-order valence-electron chi connectivity index (χ0n) is 16.6. The zero-order chi connectivity index (χ0) is 18.9. The quantitative estimate of drug-likeness (QED) is 0.258. The SMILES string of the molecule is C=CCOc1ccc(NC(=O)CCCCCCCCCCCCC)cc1. The number of carbonyl (C=O) groups excluding carboxylic acids is 1. The summed E-state index contributed by atoms with van der Waals surface area (Å²) >= 11 is 0. The van der Waals surface area contributed by atoms with Crippen LogP contribution in [-0.2, 0) is 4.79 Å². The van der Waals surface area contributed by atoms with E-state index in [0.29, 0.717) is 13.0 Å². The van der Waals surface area contributed by atoms with Crippen LogP contribution in [0.3, 0.4) is 0 Å². The molecule has 26 heavy (non-hydrogen) atoms. The van der Waals surface area contributed by atoms with Crippen LogP contribution in [0, 0.1) is 0 Å². The predicted molar refractivity (Wildman–Crippen MR) is 112 cm³/mol. The third-order valence-corrected chi connectivity index (χ3v) is 4.51. The molecule has 0 atom stereocenters. The van der Waals surface area contributed by atoms with Crippen LogP contribution >= 0.6 is 0 Å². The lowest BCUT2D eigenvalue weighted by Crippen LogP contribution is -2.10. The molecule has 0 aliphatic heterocycles. The van der Waals surface area contributed by atoms with E-state index in [-0.39, 0.29) is 5.91 Å². The molecule has 1 aromatic carbocycles. The van der Waals surface area contributed by atoms with E-state index >= 15 is 0 Å². The molecule has 0 aliphatic rings. The van der Waals surface area contributed by atoms with E-state index in [1.807, 2.05) is 24.3 Å². The van der Waals surface area contributed by atoms with Gasteiger partial charge in [-0.05, 0) is 30.7 Å². The van der Waals surface area contributed by atoms with Gasteiger partial charge in [-0.3, -0.25) is 4.79 Å². The number of hydrogen-bond acceptors (Lipinski definition) is 2. The van der Waals surface area contributed by atoms with Crippen LogP contribution < -0.4 is 10.1 Å². The van der Waals surface area contributed by atoms with Crippen molar-refractivity contribution >= 4 is 11.6 Å². The molecule has 1 N–H and O–H groups in total. The molecule has 0 saturated heterocycles. The molecule has 3 nitrogen and oxygen atoms in total. The summed E-state index contributed by atoms with van der Waals surface area (Å²) in [5.41, 5.74) is 0.823. The number of benzene rings is 1. The number of nitrogens with one attached hydrogen (secondary N) is 1. The van der Waals surface area contributed by atoms with Gasteiger partial charge in [0.15, 0.2) is 0 Å². The summed E-state index contributed by atoms with van der Waals surface area (Å²) in [5.74, 6) is 0.883. The molecule has 0 fully saturated rings. The Kier molecular flexibility index (Phi) is 13.3. The monoisotopic (exact) mass is 359 g/mol. The van der Waals surface area contributed by atoms with Gasteiger partial charge in [0.1, 0.15) is 12.4 Å². The molecule has 0 spiro atoms. The Morgan fingerprint density at radius 2 is 1.46 bits per heavy atom. The first-order valence-electron chi connectivity index (χ1n) is 10.4. The van der Waals surface area contributed by atoms with Gasteiger partial charge in [-0.2, -0.15) is 0 Å². The largest absolute Gasteiger partial charge is 0.490 e. The molecule has 0 heterocycles. The highest BCUT2D eigenvalue weighted by Gasteiger charge is 2.03. The Morgan fingerprint density at radius 1 is 0.923 bits per heavy atom. The van der Waals surface area contributed by atoms with Crippen molar-refractivity contribution in [2.75, 3.05) is 11.9 Å². The Labute approximate surface area is 160 Å². The third-order valence-electron chi connectivity index (χ3n) is 4.51. The standard InChI is InChI=1S/C23H37NO2/c1-3-5-6-7-8-9-10-11-12-13-14-15-23(25)24-21-16-18-22(19-17-21)26-20-4-2/h4,16-19H,2-3,5-15,20H2,1H3,(H,24,25). The van der Waals surface area contributed by atoms with E-state index < -0.39 is 0 Å². The van der Waals surface area contributed by atoms with E-state index in [1.165, 1.54) is 57.8 Å². The number of hydrogen-bond donors (Lipinski definition) is 1. The zero-order valence-corrected chi connectivity index (χ0v) is 16.6. The summed E-state index contributed by atoms with van der Waals surface area (Å²) in [5, 5.41) is 2.95. The molecule has 0 aliphatic carbocycles. The summed E-state index contributed by atoms with van der Waals surface area (Å²) in [6.07, 6.45) is 16.6. The van der Waals surface area contributed by atoms with Gasteiger partial charge < -0.3 is 10.1 Å². The number of ether oxygens (including phenoxy) is 1. The van der Waals surface area contributed by atoms with Crippen molar-refractivity contribution in [3.05, 3.63) is 36.9 Å². The average Bonchev–Trinajstić information content (AvgIpc) is 2.65. The summed E-state index contributed by atoms with van der Waals surface area (Å²) in [6, 6.07) is 7.47. The molecule has 1 aromatic rings. The molecule has 0 saturated carbocycles. The highest BCUT2D eigenvalue weighted by atomic mass is 16.5. The van der Waals surface area contributed by atoms with Crippen LogP contribution in [0.15, 0.2) is 36.9 Å². The van der Waals surface area contributed by atoms with Crippen LogP contribution in [0.25, 0.3) is 0 Å². The molecule has 146 valence electrons. The van der Waals surface area contributed by atoms with Crippen LogP contribution in [0.5, 0.6) is 5.75 Å². The fourth-order valence-corrected chi connectivity index (χ4v) is 2.96. The van der Waals surface area contributed by atoms with Gasteiger partial charge in [0.05, 0.1) is 0 Å². The number of carbonyl (C=O) groups is 1. The Morgan fingerprint density at radius 3 is 2.00 bits per heavy atom. The highest BCUT2D eigenvalue weighted by Crippen LogP contribution is 2.16. The van der Waals surface area contributed by atoms with Crippen molar-refractivity contribution in [3.8, 4) is 5.75 Å². The number of rotatable bonds is 16. The predicted octanol–water partition coefficient (Wildman–Crippen LogP) is 6.89. The number of unbranched alkanes of at least 4 members (excludes halogenated alkanes) is 10. The maximum absolute atomic E-state index is 12.0. The van der Waals surface area contributed by atoms with Crippen LogP contribution in [0.2, 0.25) is 0 Å². The third kappa shape index (κ3) is 11.7. The molecule has 0 aromatic heterocycles. The van der Waals surface area contributed by atoms with Gasteiger partial charge in [0.25, 0.3) is 0 Å². The molecule has 1 rings (SSSR count). The molecule has 3 heteroatoms. The molecule has 1 amide bonds. The van der Waals surface area contributed by atoms with Gasteiger partial charge in [-0.1, -0.05) is 83.8 Å². The lowest BCUT2D eigenvalue weighted by molar-refractivity contribution is -0.116. The molecular weight excluding hydrogens is 322 g/mol. The van der Waals surface area contributed by atoms with Crippen molar-refractivity contribution < 1.29 is 9.53 Å². The van der Waals surface area contributed by atoms with Crippen molar-refractivity contribution in [3.63, 3.8) is 0 Å². The van der Waals surface area contributed by atoms with Crippen molar-refractivity contribution in [2.24, 2.45) is 0 Å². The van der Waals surface area contributed by atoms with Crippen LogP contribution in [-0.4, -0.2) is 12.5 Å². The smallest absolute Gasteiger partial charge is 0.224 e. The minimum Gasteiger partial charge on any atom is -0.490 e. The summed E-state index contributed by atoms with van der Waals surface area (Å²) in [7, 11) is 0. The van der Waals surface area contributed by atoms with Gasteiger partial charge in [0, 0.05) is 12.1 Å². The lowest BCUT2D eigenvalue weighted by atomic mass is 10.1. The topological polar surface area (TPSA) is 38.3 Å². The molecular formula is C23H37NO2. The minimum atomic E-state index is 0.0979. The van der Waals surface area contributed by atoms with E-state index in [4.69, 9.17) is 4.74 Å². The maximum atomic E-state index is 12.0. The number of anilines is 1. The fraction of sp³-hybridized carbons (Fsp3) is 0.609. The second kappa shape index (κ2) is 15.5. The van der Waals surface area contributed by atoms with Crippen LogP contribution in [0.4, 0.5) is 5.69 Å². The average molecular weight is 360 g/mol. The fourth-order valence-electron chi connectivity index (χ4n) is 2.96. The summed E-state index contributed by atoms with van der Waals surface area (Å²) in [6.45, 7) is 6.37. The number of amides is 1. The Bertz CT molecular complexity index is 481. The highest BCUT2D eigenvalue weighted by molar-refractivity contribution is 5.90. The van der Waals surface area contributed by atoms with Crippen LogP contribution in [0.1, 0.15) is 84.0 Å². The lowest BCUT2D eigenvalue weighted by Gasteiger charge is -2.07. The van der Waals surface area contributed by atoms with E-state index in [9.17, 15) is 4.79 Å². The Hall–Kier alpha value is -1.77. The van der Waals surface area contributed by atoms with Crippen molar-refractivity contribution in [2.45, 2.75) is 84.0 Å². The molecule has 0 radical (unpaired) electrons. The summed E-state index contributed by atoms with van der Waals surface area (Å²) in [4.78, 5) is 12.0. The summed E-state index contributed by atoms with van der Waals surface area (Å²) < 4.78 is 5.43. The van der Waals surface area contributed by atoms with E-state index in [2.05, 4.69) is 18.8 Å². The first kappa shape index (κ1) is 22.3.